The first-order valence-corrected chi connectivity index (χ1v) is 4.11. The molecule has 0 heterocycles. The average molecular weight is 229 g/mol. The minimum Gasteiger partial charge on any atom is -0.465 e. The summed E-state index contributed by atoms with van der Waals surface area (Å²) in [4.78, 5) is 11.1. The highest BCUT2D eigenvalue weighted by Crippen LogP contribution is 2.25. The Hall–Kier alpha value is -2.03. The van der Waals surface area contributed by atoms with Crippen LogP contribution in [-0.2, 0) is 4.74 Å². The van der Waals surface area contributed by atoms with Crippen molar-refractivity contribution in [2.24, 2.45) is 0 Å². The maximum Gasteiger partial charge on any atom is 0.339 e. The van der Waals surface area contributed by atoms with Crippen LogP contribution in [0.5, 0.6) is 0 Å². The van der Waals surface area contributed by atoms with E-state index in [1.54, 1.807) is 0 Å². The number of hydrogen-bond acceptors (Lipinski definition) is 3. The van der Waals surface area contributed by atoms with Gasteiger partial charge in [-0.15, -0.1) is 0 Å². The van der Waals surface area contributed by atoms with Crippen molar-refractivity contribution >= 4 is 5.97 Å². The van der Waals surface area contributed by atoms with Crippen molar-refractivity contribution in [2.75, 3.05) is 7.11 Å². The van der Waals surface area contributed by atoms with E-state index in [1.165, 1.54) is 6.07 Å². The maximum atomic E-state index is 13.1. The Morgan fingerprint density at radius 2 is 2.12 bits per heavy atom. The fourth-order valence-corrected chi connectivity index (χ4v) is 1.13. The largest absolute Gasteiger partial charge is 0.465 e. The lowest BCUT2D eigenvalue weighted by molar-refractivity contribution is 0.0599. The number of ether oxygens (including phenoxy) is 1. The van der Waals surface area contributed by atoms with Crippen molar-refractivity contribution in [3.8, 4) is 6.07 Å². The summed E-state index contributed by atoms with van der Waals surface area (Å²) < 4.78 is 42.0. The van der Waals surface area contributed by atoms with Gasteiger partial charge in [-0.25, -0.2) is 18.0 Å². The molecule has 0 fully saturated rings. The van der Waals surface area contributed by atoms with Crippen LogP contribution in [0.3, 0.4) is 0 Å². The molecule has 0 atom stereocenters. The molecule has 3 nitrogen and oxygen atoms in total. The van der Waals surface area contributed by atoms with E-state index in [2.05, 4.69) is 4.74 Å². The number of nitriles is 1. The predicted molar refractivity (Wildman–Crippen MR) is 47.4 cm³/mol. The lowest BCUT2D eigenvalue weighted by atomic mass is 10.0. The Kier molecular flexibility index (Phi) is 3.51. The van der Waals surface area contributed by atoms with Crippen LogP contribution in [0, 0.1) is 17.1 Å². The van der Waals surface area contributed by atoms with Gasteiger partial charge in [0, 0.05) is 0 Å². The first-order chi connectivity index (χ1) is 7.51. The van der Waals surface area contributed by atoms with Gasteiger partial charge in [0.2, 0.25) is 0 Å². The summed E-state index contributed by atoms with van der Waals surface area (Å²) in [5.41, 5.74) is -1.63. The molecule has 0 saturated carbocycles. The third-order valence-electron chi connectivity index (χ3n) is 1.90. The number of benzene rings is 1. The van der Waals surface area contributed by atoms with Crippen molar-refractivity contribution < 1.29 is 22.7 Å². The molecular weight excluding hydrogens is 223 g/mol. The molecule has 0 unspecified atom stereocenters. The van der Waals surface area contributed by atoms with E-state index in [1.807, 2.05) is 0 Å². The first kappa shape index (κ1) is 12.0. The van der Waals surface area contributed by atoms with Gasteiger partial charge in [0.05, 0.1) is 23.8 Å². The highest BCUT2D eigenvalue weighted by Gasteiger charge is 2.20. The second kappa shape index (κ2) is 4.66. The molecule has 0 amide bonds. The van der Waals surface area contributed by atoms with E-state index in [-0.39, 0.29) is 11.1 Å². The zero-order chi connectivity index (χ0) is 12.3. The smallest absolute Gasteiger partial charge is 0.339 e. The van der Waals surface area contributed by atoms with Crippen LogP contribution in [0.1, 0.15) is 27.9 Å². The Morgan fingerprint density at radius 3 is 2.56 bits per heavy atom. The number of methoxy groups -OCH3 is 1. The Bertz CT molecular complexity index is 466. The van der Waals surface area contributed by atoms with Crippen LogP contribution in [0.2, 0.25) is 0 Å². The van der Waals surface area contributed by atoms with Crippen molar-refractivity contribution in [1.82, 2.24) is 0 Å². The third-order valence-corrected chi connectivity index (χ3v) is 1.90. The van der Waals surface area contributed by atoms with E-state index >= 15 is 0 Å². The molecule has 84 valence electrons. The summed E-state index contributed by atoms with van der Waals surface area (Å²) in [5, 5.41) is 8.63. The summed E-state index contributed by atoms with van der Waals surface area (Å²) in [6.07, 6.45) is -3.04. The van der Waals surface area contributed by atoms with Crippen molar-refractivity contribution in [2.45, 2.75) is 6.43 Å². The number of carbonyl (C=O) groups excluding carboxylic acids is 1. The molecular formula is C10H6F3NO2. The number of carbonyl (C=O) groups is 1. The van der Waals surface area contributed by atoms with E-state index in [9.17, 15) is 18.0 Å². The molecule has 1 aromatic carbocycles. The summed E-state index contributed by atoms with van der Waals surface area (Å²) in [5.74, 6) is -2.19. The minimum absolute atomic E-state index is 0.344. The fourth-order valence-electron chi connectivity index (χ4n) is 1.13. The van der Waals surface area contributed by atoms with E-state index in [0.717, 1.165) is 7.11 Å². The predicted octanol–water partition coefficient (Wildman–Crippen LogP) is 2.42. The monoisotopic (exact) mass is 229 g/mol. The highest BCUT2D eigenvalue weighted by atomic mass is 19.3. The highest BCUT2D eigenvalue weighted by molar-refractivity contribution is 5.92. The molecule has 16 heavy (non-hydrogen) atoms. The normalized spacial score (nSPS) is 10.0. The second-order valence-corrected chi connectivity index (χ2v) is 2.82. The lowest BCUT2D eigenvalue weighted by Gasteiger charge is -2.06. The molecule has 0 aliphatic rings. The van der Waals surface area contributed by atoms with Gasteiger partial charge in [0.1, 0.15) is 11.9 Å². The van der Waals surface area contributed by atoms with E-state index < -0.39 is 23.8 Å². The summed E-state index contributed by atoms with van der Waals surface area (Å²) in [6.45, 7) is 0. The molecule has 0 radical (unpaired) electrons. The van der Waals surface area contributed by atoms with E-state index in [0.29, 0.717) is 12.1 Å². The number of hydrogen-bond donors (Lipinski definition) is 0. The topological polar surface area (TPSA) is 50.1 Å². The van der Waals surface area contributed by atoms with Gasteiger partial charge < -0.3 is 4.74 Å². The van der Waals surface area contributed by atoms with Crippen molar-refractivity contribution in [3.05, 3.63) is 34.6 Å². The molecule has 1 rings (SSSR count). The van der Waals surface area contributed by atoms with Crippen molar-refractivity contribution in [1.29, 1.82) is 5.26 Å². The maximum absolute atomic E-state index is 13.1. The van der Waals surface area contributed by atoms with Gasteiger partial charge in [-0.3, -0.25) is 0 Å². The molecule has 1 aromatic rings. The Balaban J connectivity index is 3.39. The van der Waals surface area contributed by atoms with Gasteiger partial charge in [-0.2, -0.15) is 5.26 Å². The zero-order valence-electron chi connectivity index (χ0n) is 8.13. The van der Waals surface area contributed by atoms with Gasteiger partial charge in [0.25, 0.3) is 6.43 Å². The summed E-state index contributed by atoms with van der Waals surface area (Å²) in [7, 11) is 1.04. The second-order valence-electron chi connectivity index (χ2n) is 2.82. The molecule has 0 saturated heterocycles. The number of esters is 1. The zero-order valence-corrected chi connectivity index (χ0v) is 8.13. The molecule has 0 aliphatic heterocycles. The van der Waals surface area contributed by atoms with Crippen LogP contribution in [0.4, 0.5) is 13.2 Å². The van der Waals surface area contributed by atoms with Crippen LogP contribution >= 0.6 is 0 Å². The van der Waals surface area contributed by atoms with Gasteiger partial charge in [-0.05, 0) is 12.1 Å². The third kappa shape index (κ3) is 2.14. The van der Waals surface area contributed by atoms with Crippen LogP contribution < -0.4 is 0 Å². The SMILES string of the molecule is COC(=O)c1cc(F)c(C(F)F)cc1C#N. The molecule has 6 heteroatoms. The number of nitrogens with zero attached hydrogens (tertiary/aromatic N) is 1. The molecule has 0 bridgehead atoms. The Labute approximate surface area is 89.1 Å². The molecule has 0 spiro atoms. The van der Waals surface area contributed by atoms with Gasteiger partial charge >= 0.3 is 5.97 Å². The fraction of sp³-hybridized carbons (Fsp3) is 0.200. The molecule has 0 N–H and O–H groups in total. The summed E-state index contributed by atoms with van der Waals surface area (Å²) >= 11 is 0. The standard InChI is InChI=1S/C10H6F3NO2/c1-16-10(15)6-3-8(11)7(9(12)13)2-5(6)4-14/h2-3,9H,1H3. The van der Waals surface area contributed by atoms with Crippen LogP contribution in [0.15, 0.2) is 12.1 Å². The average Bonchev–Trinajstić information content (AvgIpc) is 2.27. The first-order valence-electron chi connectivity index (χ1n) is 4.11. The Morgan fingerprint density at radius 1 is 1.50 bits per heavy atom. The van der Waals surface area contributed by atoms with Gasteiger partial charge in [0.15, 0.2) is 0 Å². The van der Waals surface area contributed by atoms with Crippen LogP contribution in [-0.4, -0.2) is 13.1 Å². The lowest BCUT2D eigenvalue weighted by Crippen LogP contribution is -2.06. The molecule has 0 aliphatic carbocycles. The minimum atomic E-state index is -3.04. The molecule has 0 aromatic heterocycles. The van der Waals surface area contributed by atoms with Gasteiger partial charge in [-0.1, -0.05) is 0 Å². The van der Waals surface area contributed by atoms with E-state index in [4.69, 9.17) is 5.26 Å². The number of halogens is 3. The van der Waals surface area contributed by atoms with Crippen molar-refractivity contribution in [3.63, 3.8) is 0 Å². The number of alkyl halides is 2. The van der Waals surface area contributed by atoms with Crippen LogP contribution in [0.25, 0.3) is 0 Å². The quantitative estimate of drug-likeness (QED) is 0.731. The number of rotatable bonds is 2. The summed E-state index contributed by atoms with van der Waals surface area (Å²) in [6, 6.07) is 2.75.